The zero-order valence-electron chi connectivity index (χ0n) is 8.87. The van der Waals surface area contributed by atoms with Crippen molar-refractivity contribution in [2.24, 2.45) is 5.10 Å². The summed E-state index contributed by atoms with van der Waals surface area (Å²) in [6, 6.07) is 1.09. The molecular weight excluding hydrogens is 224 g/mol. The van der Waals surface area contributed by atoms with Crippen LogP contribution < -0.4 is 5.48 Å². The number of nitriles is 1. The molecular formula is C10H10N4O3. The van der Waals surface area contributed by atoms with E-state index in [0.29, 0.717) is 0 Å². The smallest absolute Gasteiger partial charge is 0.339 e. The molecule has 1 N–H and O–H groups in total. The Morgan fingerprint density at radius 3 is 3.00 bits per heavy atom. The molecule has 0 spiro atoms. The van der Waals surface area contributed by atoms with Gasteiger partial charge in [0.2, 0.25) is 0 Å². The summed E-state index contributed by atoms with van der Waals surface area (Å²) in [6.45, 7) is 0. The third-order valence-electron chi connectivity index (χ3n) is 1.63. The minimum atomic E-state index is -0.702. The Hall–Kier alpha value is -2.62. The summed E-state index contributed by atoms with van der Waals surface area (Å²) in [5.41, 5.74) is 1.92. The van der Waals surface area contributed by atoms with Gasteiger partial charge in [0, 0.05) is 18.8 Å². The van der Waals surface area contributed by atoms with Crippen molar-refractivity contribution in [2.75, 3.05) is 0 Å². The summed E-state index contributed by atoms with van der Waals surface area (Å²) in [5.74, 6) is -0.680. The van der Waals surface area contributed by atoms with Crippen molar-refractivity contribution in [1.82, 2.24) is 10.5 Å². The highest BCUT2D eigenvalue weighted by atomic mass is 16.7. The van der Waals surface area contributed by atoms with Crippen LogP contribution in [0.15, 0.2) is 29.5 Å². The second kappa shape index (κ2) is 6.79. The van der Waals surface area contributed by atoms with Gasteiger partial charge in [-0.1, -0.05) is 6.08 Å². The molecule has 0 radical (unpaired) electrons. The molecule has 0 aromatic heterocycles. The highest BCUT2D eigenvalue weighted by molar-refractivity contribution is 5.80. The maximum absolute atomic E-state index is 11.4. The topological polar surface area (TPSA) is 94.8 Å². The van der Waals surface area contributed by atoms with Crippen LogP contribution in [0.3, 0.4) is 0 Å². The predicted octanol–water partition coefficient (Wildman–Crippen LogP) is 0.829. The van der Waals surface area contributed by atoms with Crippen LogP contribution in [-0.2, 0) is 9.63 Å². The van der Waals surface area contributed by atoms with Gasteiger partial charge in [0.05, 0.1) is 12.5 Å². The zero-order valence-corrected chi connectivity index (χ0v) is 8.87. The SMILES string of the molecule is N#CCCC(=O)ONC(=O)N1C=CC=CC=N1. The van der Waals surface area contributed by atoms with Crippen molar-refractivity contribution in [2.45, 2.75) is 12.8 Å². The number of hydrazone groups is 1. The standard InChI is InChI=1S/C10H10N4O3/c11-6-4-5-9(15)17-13-10(16)14-8-3-1-2-7-12-14/h1-3,7-8H,4-5H2,(H,13,16). The maximum Gasteiger partial charge on any atom is 0.375 e. The largest absolute Gasteiger partial charge is 0.375 e. The predicted molar refractivity (Wildman–Crippen MR) is 58.1 cm³/mol. The lowest BCUT2D eigenvalue weighted by molar-refractivity contribution is -0.148. The molecule has 0 aromatic rings. The van der Waals surface area contributed by atoms with E-state index in [4.69, 9.17) is 5.26 Å². The summed E-state index contributed by atoms with van der Waals surface area (Å²) in [4.78, 5) is 26.8. The summed E-state index contributed by atoms with van der Waals surface area (Å²) in [7, 11) is 0. The fourth-order valence-corrected chi connectivity index (χ4v) is 0.870. The van der Waals surface area contributed by atoms with E-state index in [9.17, 15) is 9.59 Å². The Kier molecular flexibility index (Phi) is 4.97. The van der Waals surface area contributed by atoms with E-state index in [-0.39, 0.29) is 12.8 Å². The molecule has 17 heavy (non-hydrogen) atoms. The normalized spacial score (nSPS) is 12.8. The van der Waals surface area contributed by atoms with Crippen LogP contribution in [0.25, 0.3) is 0 Å². The molecule has 0 aliphatic carbocycles. The minimum absolute atomic E-state index is 0.0421. The molecule has 0 atom stereocenters. The Labute approximate surface area is 97.6 Å². The van der Waals surface area contributed by atoms with Crippen LogP contribution >= 0.6 is 0 Å². The Bertz CT molecular complexity index is 404. The van der Waals surface area contributed by atoms with E-state index in [1.54, 1.807) is 24.3 Å². The van der Waals surface area contributed by atoms with Gasteiger partial charge in [-0.25, -0.2) is 9.59 Å². The maximum atomic E-state index is 11.4. The molecule has 1 heterocycles. The molecule has 0 fully saturated rings. The fourth-order valence-electron chi connectivity index (χ4n) is 0.870. The van der Waals surface area contributed by atoms with Crippen molar-refractivity contribution in [3.8, 4) is 6.07 Å². The third-order valence-corrected chi connectivity index (χ3v) is 1.63. The zero-order chi connectivity index (χ0) is 12.5. The van der Waals surface area contributed by atoms with E-state index in [1.807, 2.05) is 5.48 Å². The molecule has 0 saturated carbocycles. The van der Waals surface area contributed by atoms with Crippen LogP contribution in [0.2, 0.25) is 0 Å². The van der Waals surface area contributed by atoms with Gasteiger partial charge in [0.1, 0.15) is 0 Å². The van der Waals surface area contributed by atoms with Crippen molar-refractivity contribution in [1.29, 1.82) is 5.26 Å². The second-order valence-corrected chi connectivity index (χ2v) is 2.87. The van der Waals surface area contributed by atoms with Crippen LogP contribution in [-0.4, -0.2) is 23.2 Å². The summed E-state index contributed by atoms with van der Waals surface area (Å²) < 4.78 is 0. The minimum Gasteiger partial charge on any atom is -0.339 e. The average molecular weight is 234 g/mol. The van der Waals surface area contributed by atoms with Gasteiger partial charge >= 0.3 is 12.0 Å². The molecule has 0 unspecified atom stereocenters. The molecule has 2 amide bonds. The Morgan fingerprint density at radius 2 is 2.24 bits per heavy atom. The van der Waals surface area contributed by atoms with Crippen molar-refractivity contribution >= 4 is 18.2 Å². The first-order valence-corrected chi connectivity index (χ1v) is 4.77. The quantitative estimate of drug-likeness (QED) is 0.716. The van der Waals surface area contributed by atoms with E-state index in [0.717, 1.165) is 5.01 Å². The van der Waals surface area contributed by atoms with Crippen LogP contribution in [0.5, 0.6) is 0 Å². The molecule has 0 aromatic carbocycles. The van der Waals surface area contributed by atoms with Crippen molar-refractivity contribution in [3.05, 3.63) is 24.4 Å². The van der Waals surface area contributed by atoms with Gasteiger partial charge in [0.25, 0.3) is 0 Å². The highest BCUT2D eigenvalue weighted by Gasteiger charge is 2.11. The van der Waals surface area contributed by atoms with Gasteiger partial charge in [-0.2, -0.15) is 20.9 Å². The number of carbonyl (C=O) groups is 2. The Balaban J connectivity index is 2.35. The number of nitrogens with zero attached hydrogens (tertiary/aromatic N) is 3. The van der Waals surface area contributed by atoms with E-state index in [2.05, 4.69) is 9.94 Å². The number of hydroxylamine groups is 1. The highest BCUT2D eigenvalue weighted by Crippen LogP contribution is 1.97. The first-order valence-electron chi connectivity index (χ1n) is 4.77. The first kappa shape index (κ1) is 12.4. The number of hydrogen-bond donors (Lipinski definition) is 1. The van der Waals surface area contributed by atoms with E-state index >= 15 is 0 Å². The van der Waals surface area contributed by atoms with E-state index in [1.165, 1.54) is 12.4 Å². The Morgan fingerprint density at radius 1 is 1.41 bits per heavy atom. The van der Waals surface area contributed by atoms with Gasteiger partial charge in [0.15, 0.2) is 0 Å². The number of allylic oxidation sites excluding steroid dienone is 3. The summed E-state index contributed by atoms with van der Waals surface area (Å²) in [5, 5.41) is 13.0. The average Bonchev–Trinajstić information content (AvgIpc) is 2.62. The number of carbonyl (C=O) groups excluding carboxylic acids is 2. The molecule has 7 nitrogen and oxygen atoms in total. The van der Waals surface area contributed by atoms with Gasteiger partial charge in [-0.15, -0.1) is 0 Å². The third kappa shape index (κ3) is 4.61. The molecule has 1 aliphatic rings. The van der Waals surface area contributed by atoms with Crippen LogP contribution in [0, 0.1) is 11.3 Å². The number of nitrogens with one attached hydrogen (secondary N) is 1. The number of amides is 2. The molecule has 88 valence electrons. The lowest BCUT2D eigenvalue weighted by Gasteiger charge is -2.11. The van der Waals surface area contributed by atoms with Gasteiger partial charge < -0.3 is 4.84 Å². The monoisotopic (exact) mass is 234 g/mol. The van der Waals surface area contributed by atoms with E-state index < -0.39 is 12.0 Å². The van der Waals surface area contributed by atoms with Crippen molar-refractivity contribution in [3.63, 3.8) is 0 Å². The summed E-state index contributed by atoms with van der Waals surface area (Å²) in [6.07, 6.45) is 7.72. The molecule has 0 saturated heterocycles. The van der Waals surface area contributed by atoms with Crippen LogP contribution in [0.1, 0.15) is 12.8 Å². The number of rotatable bonds is 2. The molecule has 0 bridgehead atoms. The fraction of sp³-hybridized carbons (Fsp3) is 0.200. The molecule has 7 heteroatoms. The molecule has 1 rings (SSSR count). The van der Waals surface area contributed by atoms with Crippen molar-refractivity contribution < 1.29 is 14.4 Å². The lowest BCUT2D eigenvalue weighted by Crippen LogP contribution is -2.35. The second-order valence-electron chi connectivity index (χ2n) is 2.87. The molecule has 1 aliphatic heterocycles. The first-order chi connectivity index (χ1) is 8.24. The van der Waals surface area contributed by atoms with Gasteiger partial charge in [-0.3, -0.25) is 0 Å². The van der Waals surface area contributed by atoms with Gasteiger partial charge in [-0.05, 0) is 12.2 Å². The van der Waals surface area contributed by atoms with Crippen LogP contribution in [0.4, 0.5) is 4.79 Å². The lowest BCUT2D eigenvalue weighted by atomic mass is 10.3. The summed E-state index contributed by atoms with van der Waals surface area (Å²) >= 11 is 0. The number of urea groups is 1. The number of hydrogen-bond acceptors (Lipinski definition) is 5.